The van der Waals surface area contributed by atoms with Crippen LogP contribution < -0.4 is 10.0 Å². The summed E-state index contributed by atoms with van der Waals surface area (Å²) in [5, 5.41) is 16.1. The topological polar surface area (TPSA) is 114 Å². The summed E-state index contributed by atoms with van der Waals surface area (Å²) in [5.74, 6) is 0.183. The van der Waals surface area contributed by atoms with Crippen LogP contribution in [0.5, 0.6) is 0 Å². The maximum Gasteiger partial charge on any atom is 0.269 e. The molecule has 2 atom stereocenters. The standard InChI is InChI=1S/C23H24N4O4S2/c28-22(25-23-24-13-14-32-23)21(15-16-3-1-2-4-16)17-5-7-18(8-6-17)26-33(31)20-11-9-19(10-12-20)27(29)30/h5-14,16,21,26H,1-4,15H2,(H,24,25,28). The maximum atomic E-state index is 13.1. The number of aromatic nitrogens is 1. The average molecular weight is 485 g/mol. The van der Waals surface area contributed by atoms with Gasteiger partial charge in [0.05, 0.1) is 15.7 Å². The maximum absolute atomic E-state index is 13.1. The number of non-ortho nitro benzene ring substituents is 1. The van der Waals surface area contributed by atoms with Crippen molar-refractivity contribution in [1.29, 1.82) is 0 Å². The molecule has 1 saturated carbocycles. The van der Waals surface area contributed by atoms with E-state index in [1.54, 1.807) is 18.3 Å². The lowest BCUT2D eigenvalue weighted by Crippen LogP contribution is -2.23. The van der Waals surface area contributed by atoms with Crippen molar-refractivity contribution in [1.82, 2.24) is 4.98 Å². The van der Waals surface area contributed by atoms with E-state index in [0.717, 1.165) is 24.8 Å². The van der Waals surface area contributed by atoms with Crippen LogP contribution in [-0.4, -0.2) is 20.0 Å². The molecule has 1 aromatic heterocycles. The van der Waals surface area contributed by atoms with E-state index >= 15 is 0 Å². The average Bonchev–Trinajstić information content (AvgIpc) is 3.52. The molecule has 0 saturated heterocycles. The lowest BCUT2D eigenvalue weighted by atomic mass is 9.87. The summed E-state index contributed by atoms with van der Waals surface area (Å²) in [7, 11) is -1.57. The molecule has 0 bridgehead atoms. The van der Waals surface area contributed by atoms with Gasteiger partial charge in [0, 0.05) is 29.4 Å². The Kier molecular flexibility index (Phi) is 7.46. The van der Waals surface area contributed by atoms with Gasteiger partial charge in [0.1, 0.15) is 11.0 Å². The monoisotopic (exact) mass is 484 g/mol. The minimum atomic E-state index is -1.57. The van der Waals surface area contributed by atoms with Crippen molar-refractivity contribution in [2.75, 3.05) is 10.0 Å². The molecule has 1 amide bonds. The minimum Gasteiger partial charge on any atom is -0.301 e. The molecule has 4 rings (SSSR count). The normalized spacial score (nSPS) is 15.6. The molecule has 3 aromatic rings. The quantitative estimate of drug-likeness (QED) is 0.308. The van der Waals surface area contributed by atoms with E-state index in [-0.39, 0.29) is 17.5 Å². The highest BCUT2D eigenvalue weighted by atomic mass is 32.2. The van der Waals surface area contributed by atoms with Crippen LogP contribution in [0.25, 0.3) is 0 Å². The molecule has 1 fully saturated rings. The molecule has 0 aliphatic heterocycles. The van der Waals surface area contributed by atoms with E-state index in [9.17, 15) is 19.1 Å². The van der Waals surface area contributed by atoms with Gasteiger partial charge in [0.2, 0.25) is 5.91 Å². The zero-order valence-electron chi connectivity index (χ0n) is 17.8. The van der Waals surface area contributed by atoms with Crippen LogP contribution in [0, 0.1) is 16.0 Å². The number of hydrogen-bond donors (Lipinski definition) is 2. The molecule has 1 aliphatic carbocycles. The predicted molar refractivity (Wildman–Crippen MR) is 130 cm³/mol. The number of thiazole rings is 1. The van der Waals surface area contributed by atoms with Crippen LogP contribution in [0.3, 0.4) is 0 Å². The largest absolute Gasteiger partial charge is 0.301 e. The van der Waals surface area contributed by atoms with Gasteiger partial charge >= 0.3 is 0 Å². The fourth-order valence-corrected chi connectivity index (χ4v) is 5.48. The summed E-state index contributed by atoms with van der Waals surface area (Å²) in [6, 6.07) is 13.0. The Morgan fingerprint density at radius 2 is 1.85 bits per heavy atom. The Balaban J connectivity index is 1.46. The molecule has 2 aromatic carbocycles. The van der Waals surface area contributed by atoms with E-state index in [1.165, 1.54) is 48.4 Å². The van der Waals surface area contributed by atoms with Crippen LogP contribution >= 0.6 is 11.3 Å². The van der Waals surface area contributed by atoms with Crippen molar-refractivity contribution >= 4 is 44.7 Å². The van der Waals surface area contributed by atoms with Crippen LogP contribution in [-0.2, 0) is 15.8 Å². The number of carbonyl (C=O) groups is 1. The van der Waals surface area contributed by atoms with E-state index < -0.39 is 15.9 Å². The highest BCUT2D eigenvalue weighted by molar-refractivity contribution is 7.86. The number of rotatable bonds is 9. The molecule has 1 aliphatic rings. The third-order valence-electron chi connectivity index (χ3n) is 5.81. The second-order valence-electron chi connectivity index (χ2n) is 8.01. The first-order valence-corrected chi connectivity index (χ1v) is 12.8. The van der Waals surface area contributed by atoms with Gasteiger partial charge in [-0.15, -0.1) is 11.3 Å². The fourth-order valence-electron chi connectivity index (χ4n) is 4.09. The van der Waals surface area contributed by atoms with Crippen molar-refractivity contribution in [2.24, 2.45) is 5.92 Å². The van der Waals surface area contributed by atoms with Gasteiger partial charge < -0.3 is 10.0 Å². The minimum absolute atomic E-state index is 0.0515. The SMILES string of the molecule is O=C(Nc1nccs1)C(CC1CCCC1)c1ccc(NS(=O)c2ccc([N+](=O)[O-])cc2)cc1. The summed E-state index contributed by atoms with van der Waals surface area (Å²) in [6.07, 6.45) is 7.17. The lowest BCUT2D eigenvalue weighted by Gasteiger charge is -2.20. The molecule has 172 valence electrons. The summed E-state index contributed by atoms with van der Waals surface area (Å²) < 4.78 is 15.5. The molecule has 2 unspecified atom stereocenters. The Morgan fingerprint density at radius 3 is 2.45 bits per heavy atom. The van der Waals surface area contributed by atoms with E-state index in [4.69, 9.17) is 0 Å². The Labute approximate surface area is 198 Å². The number of nitro benzene ring substituents is 1. The zero-order valence-corrected chi connectivity index (χ0v) is 19.4. The third-order valence-corrected chi connectivity index (χ3v) is 7.62. The first kappa shape index (κ1) is 23.1. The fraction of sp³-hybridized carbons (Fsp3) is 0.304. The third kappa shape index (κ3) is 6.02. The van der Waals surface area contributed by atoms with Crippen molar-refractivity contribution < 1.29 is 13.9 Å². The van der Waals surface area contributed by atoms with Crippen molar-refractivity contribution in [2.45, 2.75) is 42.9 Å². The second-order valence-corrected chi connectivity index (χ2v) is 10.1. The predicted octanol–water partition coefficient (Wildman–Crippen LogP) is 5.49. The van der Waals surface area contributed by atoms with E-state index in [0.29, 0.717) is 21.6 Å². The smallest absolute Gasteiger partial charge is 0.269 e. The first-order chi connectivity index (χ1) is 16.0. The van der Waals surface area contributed by atoms with Crippen LogP contribution in [0.2, 0.25) is 0 Å². The molecule has 0 radical (unpaired) electrons. The van der Waals surface area contributed by atoms with Crippen LogP contribution in [0.4, 0.5) is 16.5 Å². The van der Waals surface area contributed by atoms with Gasteiger partial charge in [0.25, 0.3) is 5.69 Å². The Hall–Kier alpha value is -3.11. The van der Waals surface area contributed by atoms with Gasteiger partial charge in [-0.05, 0) is 42.2 Å². The molecule has 1 heterocycles. The number of nitro groups is 1. The summed E-state index contributed by atoms with van der Waals surface area (Å²) in [6.45, 7) is 0. The second kappa shape index (κ2) is 10.7. The summed E-state index contributed by atoms with van der Waals surface area (Å²) in [5.41, 5.74) is 1.49. The summed E-state index contributed by atoms with van der Waals surface area (Å²) >= 11 is 1.39. The van der Waals surface area contributed by atoms with E-state index in [2.05, 4.69) is 15.0 Å². The number of amides is 1. The van der Waals surface area contributed by atoms with Gasteiger partial charge in [-0.2, -0.15) is 0 Å². The number of anilines is 2. The van der Waals surface area contributed by atoms with Gasteiger partial charge in [-0.1, -0.05) is 37.8 Å². The van der Waals surface area contributed by atoms with Gasteiger partial charge in [-0.3, -0.25) is 14.9 Å². The number of hydrogen-bond acceptors (Lipinski definition) is 6. The molecule has 0 spiro atoms. The molecule has 2 N–H and O–H groups in total. The number of carbonyl (C=O) groups excluding carboxylic acids is 1. The van der Waals surface area contributed by atoms with Crippen molar-refractivity contribution in [3.05, 3.63) is 75.8 Å². The van der Waals surface area contributed by atoms with Crippen LogP contribution in [0.15, 0.2) is 65.0 Å². The van der Waals surface area contributed by atoms with E-state index in [1.807, 2.05) is 17.5 Å². The Morgan fingerprint density at radius 1 is 1.15 bits per heavy atom. The highest BCUT2D eigenvalue weighted by Gasteiger charge is 2.27. The van der Waals surface area contributed by atoms with Gasteiger partial charge in [0.15, 0.2) is 5.13 Å². The number of benzene rings is 2. The van der Waals surface area contributed by atoms with Crippen molar-refractivity contribution in [3.8, 4) is 0 Å². The molecule has 10 heteroatoms. The highest BCUT2D eigenvalue weighted by Crippen LogP contribution is 2.35. The zero-order chi connectivity index (χ0) is 23.2. The lowest BCUT2D eigenvalue weighted by molar-refractivity contribution is -0.384. The van der Waals surface area contributed by atoms with Crippen molar-refractivity contribution in [3.63, 3.8) is 0 Å². The molecule has 33 heavy (non-hydrogen) atoms. The molecule has 8 nitrogen and oxygen atoms in total. The van der Waals surface area contributed by atoms with Crippen LogP contribution in [0.1, 0.15) is 43.6 Å². The van der Waals surface area contributed by atoms with Gasteiger partial charge in [-0.25, -0.2) is 9.19 Å². The Bertz CT molecular complexity index is 1110. The summed E-state index contributed by atoms with van der Waals surface area (Å²) in [4.78, 5) is 28.0. The first-order valence-electron chi connectivity index (χ1n) is 10.7. The molecular weight excluding hydrogens is 460 g/mol. The number of nitrogens with one attached hydrogen (secondary N) is 2. The number of nitrogens with zero attached hydrogens (tertiary/aromatic N) is 2. The molecular formula is C23H24N4O4S2.